The lowest BCUT2D eigenvalue weighted by Gasteiger charge is -2.11. The largest absolute Gasteiger partial charge is 0.360 e. The lowest BCUT2D eigenvalue weighted by atomic mass is 9.99. The van der Waals surface area contributed by atoms with Crippen molar-refractivity contribution in [3.63, 3.8) is 0 Å². The van der Waals surface area contributed by atoms with Crippen LogP contribution in [0.25, 0.3) is 22.4 Å². The zero-order valence-electron chi connectivity index (χ0n) is 14.4. The molecule has 3 rings (SSSR count). The van der Waals surface area contributed by atoms with Gasteiger partial charge in [-0.3, -0.25) is 4.79 Å². The number of aromatic nitrogens is 1. The molecule has 1 N–H and O–H groups in total. The summed E-state index contributed by atoms with van der Waals surface area (Å²) in [6.45, 7) is 3.32. The Morgan fingerprint density at radius 3 is 2.42 bits per heavy atom. The number of carbonyl (C=O) groups excluding carboxylic acids is 1. The summed E-state index contributed by atoms with van der Waals surface area (Å²) in [4.78, 5) is 11.6. The highest BCUT2D eigenvalue weighted by molar-refractivity contribution is 7.90. The van der Waals surface area contributed by atoms with Crippen LogP contribution in [0.4, 0.5) is 0 Å². The number of hydrogen-bond donors (Lipinski definition) is 1. The predicted molar refractivity (Wildman–Crippen MR) is 97.7 cm³/mol. The number of benzene rings is 2. The second-order valence-corrected chi connectivity index (χ2v) is 7.36. The molecule has 1 heterocycles. The standard InChI is InChI=1S/C19H18N2O4S/c1-3-17(22)21-26(23,24)16-12-8-7-11-15(16)18-13(2)25-20-19(18)14-9-5-4-6-10-14/h4-12H,3H2,1-2H3,(H,21,22). The predicted octanol–water partition coefficient (Wildman–Crippen LogP) is 3.53. The molecule has 3 aromatic rings. The third kappa shape index (κ3) is 3.39. The average Bonchev–Trinajstić information content (AvgIpc) is 3.03. The number of rotatable bonds is 5. The van der Waals surface area contributed by atoms with Crippen LogP contribution in [0.5, 0.6) is 0 Å². The first-order valence-corrected chi connectivity index (χ1v) is 9.59. The van der Waals surface area contributed by atoms with E-state index in [1.807, 2.05) is 30.3 Å². The minimum absolute atomic E-state index is 0.00489. The van der Waals surface area contributed by atoms with Crippen LogP contribution in [0.3, 0.4) is 0 Å². The summed E-state index contributed by atoms with van der Waals surface area (Å²) in [5.41, 5.74) is 2.37. The molecule has 134 valence electrons. The maximum atomic E-state index is 12.7. The number of nitrogens with one attached hydrogen (secondary N) is 1. The average molecular weight is 370 g/mol. The van der Waals surface area contributed by atoms with Crippen molar-refractivity contribution in [2.24, 2.45) is 0 Å². The Kier molecular flexibility index (Phi) is 4.90. The van der Waals surface area contributed by atoms with Crippen molar-refractivity contribution in [1.29, 1.82) is 0 Å². The maximum Gasteiger partial charge on any atom is 0.264 e. The van der Waals surface area contributed by atoms with E-state index in [1.165, 1.54) is 6.07 Å². The molecule has 0 aliphatic carbocycles. The molecule has 0 fully saturated rings. The number of nitrogens with zero attached hydrogens (tertiary/aromatic N) is 1. The van der Waals surface area contributed by atoms with E-state index in [0.717, 1.165) is 5.56 Å². The molecule has 0 bridgehead atoms. The van der Waals surface area contributed by atoms with E-state index in [9.17, 15) is 13.2 Å². The number of sulfonamides is 1. The van der Waals surface area contributed by atoms with Gasteiger partial charge in [-0.25, -0.2) is 13.1 Å². The maximum absolute atomic E-state index is 12.7. The van der Waals surface area contributed by atoms with Gasteiger partial charge in [0, 0.05) is 17.5 Å². The van der Waals surface area contributed by atoms with Crippen LogP contribution in [0.2, 0.25) is 0 Å². The molecule has 26 heavy (non-hydrogen) atoms. The molecule has 0 aliphatic heterocycles. The van der Waals surface area contributed by atoms with Crippen LogP contribution in [0.15, 0.2) is 64.0 Å². The lowest BCUT2D eigenvalue weighted by molar-refractivity contribution is -0.119. The molecule has 0 saturated carbocycles. The molecule has 7 heteroatoms. The van der Waals surface area contributed by atoms with Gasteiger partial charge < -0.3 is 4.52 Å². The molecular weight excluding hydrogens is 352 g/mol. The molecule has 0 radical (unpaired) electrons. The van der Waals surface area contributed by atoms with E-state index in [2.05, 4.69) is 9.88 Å². The van der Waals surface area contributed by atoms with Crippen LogP contribution in [-0.4, -0.2) is 19.5 Å². The smallest absolute Gasteiger partial charge is 0.264 e. The second-order valence-electron chi connectivity index (χ2n) is 5.71. The fraction of sp³-hybridized carbons (Fsp3) is 0.158. The molecule has 1 amide bonds. The summed E-state index contributed by atoms with van der Waals surface area (Å²) in [6, 6.07) is 15.8. The SMILES string of the molecule is CCC(=O)NS(=O)(=O)c1ccccc1-c1c(-c2ccccc2)noc1C. The normalized spacial score (nSPS) is 11.3. The summed E-state index contributed by atoms with van der Waals surface area (Å²) < 4.78 is 32.8. The zero-order chi connectivity index (χ0) is 18.7. The fourth-order valence-corrected chi connectivity index (χ4v) is 3.94. The van der Waals surface area contributed by atoms with Crippen LogP contribution in [0.1, 0.15) is 19.1 Å². The molecular formula is C19H18N2O4S. The van der Waals surface area contributed by atoms with Crippen LogP contribution < -0.4 is 4.72 Å². The van der Waals surface area contributed by atoms with Gasteiger partial charge in [-0.15, -0.1) is 0 Å². The van der Waals surface area contributed by atoms with E-state index in [4.69, 9.17) is 4.52 Å². The van der Waals surface area contributed by atoms with Gasteiger partial charge in [0.15, 0.2) is 0 Å². The first-order chi connectivity index (χ1) is 12.4. The molecule has 6 nitrogen and oxygen atoms in total. The minimum atomic E-state index is -4.01. The van der Waals surface area contributed by atoms with Crippen molar-refractivity contribution in [2.45, 2.75) is 25.2 Å². The summed E-state index contributed by atoms with van der Waals surface area (Å²) in [5.74, 6) is -0.0709. The Hall–Kier alpha value is -2.93. The summed E-state index contributed by atoms with van der Waals surface area (Å²) in [5, 5.41) is 4.11. The molecule has 0 saturated heterocycles. The Morgan fingerprint density at radius 2 is 1.73 bits per heavy atom. The van der Waals surface area contributed by atoms with Crippen molar-refractivity contribution in [3.05, 3.63) is 60.4 Å². The van der Waals surface area contributed by atoms with Gasteiger partial charge >= 0.3 is 0 Å². The number of aryl methyl sites for hydroxylation is 1. The van der Waals surface area contributed by atoms with Gasteiger partial charge in [-0.05, 0) is 13.0 Å². The van der Waals surface area contributed by atoms with Crippen molar-refractivity contribution in [1.82, 2.24) is 9.88 Å². The molecule has 0 unspecified atom stereocenters. The van der Waals surface area contributed by atoms with Gasteiger partial charge in [0.2, 0.25) is 5.91 Å². The summed E-state index contributed by atoms with van der Waals surface area (Å²) in [7, 11) is -4.01. The topological polar surface area (TPSA) is 89.3 Å². The van der Waals surface area contributed by atoms with Crippen molar-refractivity contribution in [3.8, 4) is 22.4 Å². The minimum Gasteiger partial charge on any atom is -0.360 e. The lowest BCUT2D eigenvalue weighted by Crippen LogP contribution is -2.30. The van der Waals surface area contributed by atoms with E-state index < -0.39 is 15.9 Å². The summed E-state index contributed by atoms with van der Waals surface area (Å²) in [6.07, 6.45) is 0.0724. The monoisotopic (exact) mass is 370 g/mol. The van der Waals surface area contributed by atoms with Crippen LogP contribution in [-0.2, 0) is 14.8 Å². The van der Waals surface area contributed by atoms with Crippen molar-refractivity contribution in [2.75, 3.05) is 0 Å². The number of hydrogen-bond acceptors (Lipinski definition) is 5. The first kappa shape index (κ1) is 17.9. The van der Waals surface area contributed by atoms with Gasteiger partial charge in [0.05, 0.1) is 10.5 Å². The highest BCUT2D eigenvalue weighted by atomic mass is 32.2. The van der Waals surface area contributed by atoms with Crippen molar-refractivity contribution >= 4 is 15.9 Å². The molecule has 1 aromatic heterocycles. The number of amides is 1. The highest BCUT2D eigenvalue weighted by Gasteiger charge is 2.25. The molecule has 2 aromatic carbocycles. The van der Waals surface area contributed by atoms with Gasteiger partial charge in [0.1, 0.15) is 11.5 Å². The van der Waals surface area contributed by atoms with E-state index >= 15 is 0 Å². The van der Waals surface area contributed by atoms with E-state index in [0.29, 0.717) is 22.6 Å². The van der Waals surface area contributed by atoms with Crippen molar-refractivity contribution < 1.29 is 17.7 Å². The third-order valence-electron chi connectivity index (χ3n) is 3.93. The Morgan fingerprint density at radius 1 is 1.08 bits per heavy atom. The van der Waals surface area contributed by atoms with E-state index in [-0.39, 0.29) is 11.3 Å². The van der Waals surface area contributed by atoms with E-state index in [1.54, 1.807) is 32.0 Å². The third-order valence-corrected chi connectivity index (χ3v) is 5.36. The highest BCUT2D eigenvalue weighted by Crippen LogP contribution is 2.37. The van der Waals surface area contributed by atoms with Gasteiger partial charge in [0.25, 0.3) is 10.0 Å². The summed E-state index contributed by atoms with van der Waals surface area (Å²) >= 11 is 0. The Labute approximate surface area is 151 Å². The Bertz CT molecular complexity index is 1040. The Balaban J connectivity index is 2.19. The number of carbonyl (C=O) groups is 1. The molecule has 0 aliphatic rings. The fourth-order valence-electron chi connectivity index (χ4n) is 2.67. The van der Waals surface area contributed by atoms with Crippen LogP contribution >= 0.6 is 0 Å². The molecule has 0 atom stereocenters. The first-order valence-electron chi connectivity index (χ1n) is 8.10. The van der Waals surface area contributed by atoms with Gasteiger partial charge in [-0.1, -0.05) is 60.6 Å². The quantitative estimate of drug-likeness (QED) is 0.742. The zero-order valence-corrected chi connectivity index (χ0v) is 15.2. The van der Waals surface area contributed by atoms with Crippen LogP contribution in [0, 0.1) is 6.92 Å². The van der Waals surface area contributed by atoms with Gasteiger partial charge in [-0.2, -0.15) is 0 Å². The molecule has 0 spiro atoms. The second kappa shape index (κ2) is 7.13.